The summed E-state index contributed by atoms with van der Waals surface area (Å²) in [5.41, 5.74) is 1.04. The highest BCUT2D eigenvalue weighted by Crippen LogP contribution is 2.30. The van der Waals surface area contributed by atoms with Gasteiger partial charge in [-0.3, -0.25) is 14.6 Å². The summed E-state index contributed by atoms with van der Waals surface area (Å²) in [5, 5.41) is 0. The topological polar surface area (TPSA) is 71.0 Å². The molecule has 3 amide bonds. The number of aryl methyl sites for hydroxylation is 1. The van der Waals surface area contributed by atoms with Gasteiger partial charge in [0.25, 0.3) is 5.91 Å². The van der Waals surface area contributed by atoms with Crippen LogP contribution in [0.15, 0.2) is 11.2 Å². The van der Waals surface area contributed by atoms with E-state index in [1.807, 2.05) is 24.6 Å². The molecular formula is C16H24N5O3+. The minimum atomic E-state index is -0.581. The Morgan fingerprint density at radius 2 is 2.08 bits per heavy atom. The number of nitrogens with zero attached hydrogens (tertiary/aromatic N) is 5. The first kappa shape index (κ1) is 16.6. The second-order valence-corrected chi connectivity index (χ2v) is 6.34. The van der Waals surface area contributed by atoms with Crippen molar-refractivity contribution < 1.29 is 18.9 Å². The summed E-state index contributed by atoms with van der Waals surface area (Å²) in [6.45, 7) is 9.16. The van der Waals surface area contributed by atoms with E-state index < -0.39 is 6.04 Å². The molecule has 2 aliphatic heterocycles. The van der Waals surface area contributed by atoms with Gasteiger partial charge in [0.1, 0.15) is 11.9 Å². The van der Waals surface area contributed by atoms with E-state index in [-0.39, 0.29) is 24.5 Å². The predicted molar refractivity (Wildman–Crippen MR) is 87.2 cm³/mol. The largest absolute Gasteiger partial charge is 0.402 e. The molecule has 130 valence electrons. The molecule has 1 fully saturated rings. The van der Waals surface area contributed by atoms with Crippen LogP contribution in [0.25, 0.3) is 0 Å². The fourth-order valence-electron chi connectivity index (χ4n) is 3.35. The number of carbonyl (C=O) groups excluding carboxylic acids is 2. The number of fused-ring (bicyclic) bond motifs is 3. The van der Waals surface area contributed by atoms with Crippen molar-refractivity contribution in [3.63, 3.8) is 0 Å². The van der Waals surface area contributed by atoms with Crippen LogP contribution in [-0.4, -0.2) is 58.9 Å². The van der Waals surface area contributed by atoms with Gasteiger partial charge in [-0.05, 0) is 27.7 Å². The highest BCUT2D eigenvalue weighted by molar-refractivity contribution is 6.19. The molecule has 0 bridgehead atoms. The molecule has 1 atom stereocenters. The monoisotopic (exact) mass is 334 g/mol. The van der Waals surface area contributed by atoms with Crippen molar-refractivity contribution in [3.8, 4) is 0 Å². The Morgan fingerprint density at radius 1 is 1.38 bits per heavy atom. The quantitative estimate of drug-likeness (QED) is 0.600. The van der Waals surface area contributed by atoms with Gasteiger partial charge in [0.05, 0.1) is 19.2 Å². The summed E-state index contributed by atoms with van der Waals surface area (Å²) in [7, 11) is 1.66. The van der Waals surface area contributed by atoms with Crippen LogP contribution in [0, 0.1) is 6.92 Å². The van der Waals surface area contributed by atoms with Crippen molar-refractivity contribution in [2.24, 2.45) is 4.99 Å². The number of rotatable bonds is 5. The van der Waals surface area contributed by atoms with Gasteiger partial charge >= 0.3 is 12.0 Å². The molecule has 2 aliphatic rings. The third kappa shape index (κ3) is 2.32. The van der Waals surface area contributed by atoms with Gasteiger partial charge in [0.2, 0.25) is 11.9 Å². The highest BCUT2D eigenvalue weighted by atomic mass is 16.5. The molecule has 8 nitrogen and oxygen atoms in total. The third-order valence-electron chi connectivity index (χ3n) is 4.43. The first-order valence-electron chi connectivity index (χ1n) is 8.26. The first-order valence-corrected chi connectivity index (χ1v) is 8.26. The SMILES string of the molecule is CCOCCN1C(=O)C2C(=Nc3n(C(C)C)c(C)c[n+]32)N(C)C1=O. The smallest absolute Gasteiger partial charge is 0.380 e. The van der Waals surface area contributed by atoms with Crippen LogP contribution in [0.4, 0.5) is 10.7 Å². The summed E-state index contributed by atoms with van der Waals surface area (Å²) in [6, 6.07) is -0.716. The van der Waals surface area contributed by atoms with Crippen molar-refractivity contribution in [2.45, 2.75) is 39.8 Å². The van der Waals surface area contributed by atoms with Crippen LogP contribution in [0.5, 0.6) is 0 Å². The highest BCUT2D eigenvalue weighted by Gasteiger charge is 2.53. The van der Waals surface area contributed by atoms with Gasteiger partial charge in [-0.25, -0.2) is 13.9 Å². The molecule has 1 aromatic heterocycles. The van der Waals surface area contributed by atoms with Crippen LogP contribution in [0.1, 0.15) is 38.5 Å². The van der Waals surface area contributed by atoms with Crippen molar-refractivity contribution in [2.75, 3.05) is 26.8 Å². The fraction of sp³-hybridized carbons (Fsp3) is 0.625. The zero-order chi connectivity index (χ0) is 17.6. The molecule has 0 N–H and O–H groups in total. The molecule has 1 unspecified atom stereocenters. The summed E-state index contributed by atoms with van der Waals surface area (Å²) in [4.78, 5) is 32.7. The lowest BCUT2D eigenvalue weighted by Crippen LogP contribution is -2.63. The van der Waals surface area contributed by atoms with Crippen molar-refractivity contribution in [1.82, 2.24) is 14.4 Å². The van der Waals surface area contributed by atoms with Gasteiger partial charge in [0, 0.05) is 13.7 Å². The normalized spacial score (nSPS) is 19.9. The Morgan fingerprint density at radius 3 is 2.71 bits per heavy atom. The molecule has 1 saturated heterocycles. The second-order valence-electron chi connectivity index (χ2n) is 6.34. The Labute approximate surface area is 141 Å². The number of carbonyl (C=O) groups is 2. The van der Waals surface area contributed by atoms with E-state index >= 15 is 0 Å². The Hall–Kier alpha value is -2.22. The lowest BCUT2D eigenvalue weighted by atomic mass is 10.1. The number of hydrogen-bond donors (Lipinski definition) is 0. The molecular weight excluding hydrogens is 310 g/mol. The van der Waals surface area contributed by atoms with Crippen LogP contribution in [-0.2, 0) is 9.53 Å². The number of amides is 3. The van der Waals surface area contributed by atoms with E-state index in [0.29, 0.717) is 25.0 Å². The molecule has 0 radical (unpaired) electrons. The third-order valence-corrected chi connectivity index (χ3v) is 4.43. The number of hydrogen-bond acceptors (Lipinski definition) is 4. The summed E-state index contributed by atoms with van der Waals surface area (Å²) in [5.74, 6) is 0.949. The Balaban J connectivity index is 1.99. The second kappa shape index (κ2) is 6.01. The van der Waals surface area contributed by atoms with E-state index in [1.54, 1.807) is 7.05 Å². The van der Waals surface area contributed by atoms with Gasteiger partial charge in [-0.2, -0.15) is 0 Å². The lowest BCUT2D eigenvalue weighted by Gasteiger charge is -2.32. The number of aliphatic imine (C=N–C) groups is 1. The first-order chi connectivity index (χ1) is 11.4. The minimum absolute atomic E-state index is 0.218. The average Bonchev–Trinajstić information content (AvgIpc) is 3.02. The number of urea groups is 1. The number of likely N-dealkylation sites (N-methyl/N-ethyl adjacent to an activating group) is 1. The van der Waals surface area contributed by atoms with Crippen LogP contribution in [0.3, 0.4) is 0 Å². The number of imide groups is 1. The van der Waals surface area contributed by atoms with E-state index in [2.05, 4.69) is 23.4 Å². The van der Waals surface area contributed by atoms with Crippen molar-refractivity contribution in [3.05, 3.63) is 11.9 Å². The molecule has 8 heteroatoms. The molecule has 3 heterocycles. The molecule has 1 aromatic rings. The van der Waals surface area contributed by atoms with E-state index in [4.69, 9.17) is 4.74 Å². The average molecular weight is 334 g/mol. The number of ether oxygens (including phenoxy) is 1. The van der Waals surface area contributed by atoms with E-state index in [0.717, 1.165) is 5.69 Å². The molecule has 0 aliphatic carbocycles. The molecule has 0 spiro atoms. The number of imidazole rings is 1. The number of amidine groups is 1. The molecule has 0 saturated carbocycles. The van der Waals surface area contributed by atoms with Crippen molar-refractivity contribution >= 4 is 23.7 Å². The zero-order valence-electron chi connectivity index (χ0n) is 14.8. The summed E-state index contributed by atoms with van der Waals surface area (Å²) < 4.78 is 9.23. The van der Waals surface area contributed by atoms with Crippen LogP contribution >= 0.6 is 0 Å². The molecule has 3 rings (SSSR count). The summed E-state index contributed by atoms with van der Waals surface area (Å²) in [6.07, 6.45) is 1.93. The lowest BCUT2D eigenvalue weighted by molar-refractivity contribution is -0.677. The Kier molecular flexibility index (Phi) is 4.16. The number of aromatic nitrogens is 2. The Bertz CT molecular complexity index is 722. The van der Waals surface area contributed by atoms with Gasteiger partial charge in [-0.1, -0.05) is 4.99 Å². The van der Waals surface area contributed by atoms with Crippen molar-refractivity contribution in [1.29, 1.82) is 0 Å². The van der Waals surface area contributed by atoms with Crippen LogP contribution in [0.2, 0.25) is 0 Å². The van der Waals surface area contributed by atoms with Gasteiger partial charge in [0.15, 0.2) is 0 Å². The maximum absolute atomic E-state index is 12.9. The predicted octanol–water partition coefficient (Wildman–Crippen LogP) is 1.18. The van der Waals surface area contributed by atoms with Crippen LogP contribution < -0.4 is 4.57 Å². The molecule has 0 aromatic carbocycles. The van der Waals surface area contributed by atoms with Gasteiger partial charge in [-0.15, -0.1) is 0 Å². The maximum Gasteiger partial charge on any atom is 0.402 e. The van der Waals surface area contributed by atoms with Gasteiger partial charge < -0.3 is 4.74 Å². The fourth-order valence-corrected chi connectivity index (χ4v) is 3.35. The summed E-state index contributed by atoms with van der Waals surface area (Å²) >= 11 is 0. The zero-order valence-corrected chi connectivity index (χ0v) is 14.8. The molecule has 24 heavy (non-hydrogen) atoms. The van der Waals surface area contributed by atoms with E-state index in [1.165, 1.54) is 9.80 Å². The van der Waals surface area contributed by atoms with E-state index in [9.17, 15) is 9.59 Å². The maximum atomic E-state index is 12.9. The minimum Gasteiger partial charge on any atom is -0.380 e. The standard InChI is InChI=1S/C16H24N5O3/c1-6-24-8-7-19-14(22)12-13(18(5)16(19)23)17-15-20(12)9-11(4)21(15)10(2)3/h9-10,12H,6-8H2,1-5H3/q+1.